The molecular formula is C6H7N5S. The number of hydrogen-bond acceptors (Lipinski definition) is 6. The molecule has 0 saturated heterocycles. The Bertz CT molecular complexity index is 409. The van der Waals surface area contributed by atoms with E-state index in [4.69, 9.17) is 11.6 Å². The summed E-state index contributed by atoms with van der Waals surface area (Å²) in [4.78, 5) is 8.88. The van der Waals surface area contributed by atoms with Crippen LogP contribution in [-0.2, 0) is 0 Å². The molecule has 2 aromatic heterocycles. The first-order valence-corrected chi connectivity index (χ1v) is 4.16. The Hall–Kier alpha value is -1.40. The average Bonchev–Trinajstić information content (AvgIpc) is 2.52. The molecule has 2 heterocycles. The van der Waals surface area contributed by atoms with Gasteiger partial charge < -0.3 is 5.73 Å². The summed E-state index contributed by atoms with van der Waals surface area (Å²) < 4.78 is 0. The lowest BCUT2D eigenvalue weighted by atomic mass is 10.4. The largest absolute Gasteiger partial charge is 0.383 e. The predicted molar refractivity (Wildman–Crippen MR) is 49.6 cm³/mol. The van der Waals surface area contributed by atoms with Crippen molar-refractivity contribution in [3.05, 3.63) is 11.4 Å². The zero-order valence-corrected chi connectivity index (χ0v) is 6.93. The van der Waals surface area contributed by atoms with Gasteiger partial charge in [-0.15, -0.1) is 11.3 Å². The number of thiophene rings is 1. The van der Waals surface area contributed by atoms with Crippen LogP contribution in [0.1, 0.15) is 0 Å². The smallest absolute Gasteiger partial charge is 0.240 e. The first-order valence-electron chi connectivity index (χ1n) is 3.28. The maximum absolute atomic E-state index is 5.64. The summed E-state index contributed by atoms with van der Waals surface area (Å²) >= 11 is 1.50. The summed E-state index contributed by atoms with van der Waals surface area (Å²) in [6.07, 6.45) is 0. The fourth-order valence-corrected chi connectivity index (χ4v) is 1.71. The van der Waals surface area contributed by atoms with Crippen molar-refractivity contribution < 1.29 is 0 Å². The van der Waals surface area contributed by atoms with Crippen LogP contribution in [-0.4, -0.2) is 9.97 Å². The standard InChI is InChI=1S/C6H7N5S/c7-4-3-1-2-12-5(3)10-6(9-4)11-8/h1-2H,8H2,(H3,7,9,10,11). The maximum atomic E-state index is 5.64. The quantitative estimate of drug-likeness (QED) is 0.441. The van der Waals surface area contributed by atoms with E-state index in [0.717, 1.165) is 10.2 Å². The van der Waals surface area contributed by atoms with Crippen LogP contribution in [0.25, 0.3) is 10.2 Å². The number of nitrogens with one attached hydrogen (secondary N) is 1. The van der Waals surface area contributed by atoms with Gasteiger partial charge in [-0.25, -0.2) is 10.8 Å². The Balaban J connectivity index is 2.75. The molecule has 0 aliphatic carbocycles. The molecule has 2 rings (SSSR count). The third kappa shape index (κ3) is 0.973. The second-order valence-corrected chi connectivity index (χ2v) is 3.11. The second kappa shape index (κ2) is 2.58. The van der Waals surface area contributed by atoms with E-state index in [-0.39, 0.29) is 0 Å². The van der Waals surface area contributed by atoms with Gasteiger partial charge in [-0.3, -0.25) is 5.43 Å². The highest BCUT2D eigenvalue weighted by Crippen LogP contribution is 2.23. The summed E-state index contributed by atoms with van der Waals surface area (Å²) in [6.45, 7) is 0. The van der Waals surface area contributed by atoms with E-state index in [1.807, 2.05) is 11.4 Å². The number of nitrogens with zero attached hydrogens (tertiary/aromatic N) is 2. The number of rotatable bonds is 1. The zero-order valence-electron chi connectivity index (χ0n) is 6.11. The molecule has 5 nitrogen and oxygen atoms in total. The first kappa shape index (κ1) is 7.26. The lowest BCUT2D eigenvalue weighted by Crippen LogP contribution is -2.11. The Morgan fingerprint density at radius 3 is 3.00 bits per heavy atom. The average molecular weight is 181 g/mol. The normalized spacial score (nSPS) is 10.4. The molecule has 2 aromatic rings. The predicted octanol–water partition coefficient (Wildman–Crippen LogP) is 0.559. The van der Waals surface area contributed by atoms with Crippen molar-refractivity contribution in [2.75, 3.05) is 11.2 Å². The minimum Gasteiger partial charge on any atom is -0.383 e. The van der Waals surface area contributed by atoms with Gasteiger partial charge in [0, 0.05) is 0 Å². The molecule has 0 atom stereocenters. The van der Waals surface area contributed by atoms with Crippen LogP contribution in [0.2, 0.25) is 0 Å². The molecule has 0 unspecified atom stereocenters. The number of nitrogens with two attached hydrogens (primary N) is 2. The third-order valence-corrected chi connectivity index (χ3v) is 2.29. The van der Waals surface area contributed by atoms with Crippen LogP contribution in [0.3, 0.4) is 0 Å². The summed E-state index contributed by atoms with van der Waals surface area (Å²) in [6, 6.07) is 1.88. The van der Waals surface area contributed by atoms with Gasteiger partial charge in [-0.1, -0.05) is 0 Å². The summed E-state index contributed by atoms with van der Waals surface area (Å²) in [7, 11) is 0. The fourth-order valence-electron chi connectivity index (χ4n) is 0.943. The monoisotopic (exact) mass is 181 g/mol. The summed E-state index contributed by atoms with van der Waals surface area (Å²) in [5.74, 6) is 5.96. The Morgan fingerprint density at radius 2 is 2.25 bits per heavy atom. The van der Waals surface area contributed by atoms with Crippen LogP contribution >= 0.6 is 11.3 Å². The van der Waals surface area contributed by atoms with Crippen molar-refractivity contribution in [3.8, 4) is 0 Å². The van der Waals surface area contributed by atoms with Crippen molar-refractivity contribution >= 4 is 33.3 Å². The van der Waals surface area contributed by atoms with Gasteiger partial charge in [0.05, 0.1) is 5.39 Å². The Morgan fingerprint density at radius 1 is 1.42 bits per heavy atom. The van der Waals surface area contributed by atoms with E-state index in [2.05, 4.69) is 15.4 Å². The molecule has 62 valence electrons. The molecule has 0 bridgehead atoms. The number of nitrogen functional groups attached to an aromatic ring is 2. The van der Waals surface area contributed by atoms with Crippen molar-refractivity contribution in [3.63, 3.8) is 0 Å². The van der Waals surface area contributed by atoms with Gasteiger partial charge in [0.15, 0.2) is 0 Å². The highest BCUT2D eigenvalue weighted by molar-refractivity contribution is 7.16. The highest BCUT2D eigenvalue weighted by atomic mass is 32.1. The van der Waals surface area contributed by atoms with Gasteiger partial charge in [0.2, 0.25) is 5.95 Å². The van der Waals surface area contributed by atoms with E-state index in [0.29, 0.717) is 11.8 Å². The number of fused-ring (bicyclic) bond motifs is 1. The van der Waals surface area contributed by atoms with E-state index >= 15 is 0 Å². The van der Waals surface area contributed by atoms with Gasteiger partial charge in [0.25, 0.3) is 0 Å². The van der Waals surface area contributed by atoms with Crippen LogP contribution in [0.5, 0.6) is 0 Å². The minimum atomic E-state index is 0.349. The molecule has 0 aromatic carbocycles. The van der Waals surface area contributed by atoms with E-state index in [1.165, 1.54) is 11.3 Å². The molecule has 5 N–H and O–H groups in total. The van der Waals surface area contributed by atoms with Crippen LogP contribution in [0.15, 0.2) is 11.4 Å². The SMILES string of the molecule is NNc1nc(N)c2ccsc2n1. The van der Waals surface area contributed by atoms with E-state index in [1.54, 1.807) is 0 Å². The highest BCUT2D eigenvalue weighted by Gasteiger charge is 2.03. The molecule has 6 heteroatoms. The number of anilines is 2. The lowest BCUT2D eigenvalue weighted by molar-refractivity contribution is 1.16. The fraction of sp³-hybridized carbons (Fsp3) is 0. The van der Waals surface area contributed by atoms with E-state index < -0.39 is 0 Å². The molecule has 0 spiro atoms. The van der Waals surface area contributed by atoms with Crippen molar-refractivity contribution in [1.29, 1.82) is 0 Å². The van der Waals surface area contributed by atoms with Crippen LogP contribution < -0.4 is 17.0 Å². The molecule has 0 aliphatic heterocycles. The molecule has 0 aliphatic rings. The summed E-state index contributed by atoms with van der Waals surface area (Å²) in [5, 5.41) is 2.79. The topological polar surface area (TPSA) is 89.8 Å². The molecule has 0 fully saturated rings. The van der Waals surface area contributed by atoms with Gasteiger partial charge in [0.1, 0.15) is 10.6 Å². The van der Waals surface area contributed by atoms with Crippen molar-refractivity contribution in [2.45, 2.75) is 0 Å². The first-order chi connectivity index (χ1) is 5.81. The lowest BCUT2D eigenvalue weighted by Gasteiger charge is -1.99. The third-order valence-electron chi connectivity index (χ3n) is 1.48. The number of hydrogen-bond donors (Lipinski definition) is 3. The van der Waals surface area contributed by atoms with Gasteiger partial charge in [-0.2, -0.15) is 4.98 Å². The molecule has 0 radical (unpaired) electrons. The second-order valence-electron chi connectivity index (χ2n) is 2.22. The van der Waals surface area contributed by atoms with Gasteiger partial charge in [-0.05, 0) is 11.4 Å². The Kier molecular flexibility index (Phi) is 1.56. The van der Waals surface area contributed by atoms with Crippen molar-refractivity contribution in [1.82, 2.24) is 9.97 Å². The minimum absolute atomic E-state index is 0.349. The molecular weight excluding hydrogens is 174 g/mol. The molecule has 12 heavy (non-hydrogen) atoms. The summed E-state index contributed by atoms with van der Waals surface area (Å²) in [5.41, 5.74) is 7.99. The van der Waals surface area contributed by atoms with Gasteiger partial charge >= 0.3 is 0 Å². The Labute approximate surface area is 72.4 Å². The van der Waals surface area contributed by atoms with Crippen molar-refractivity contribution in [2.24, 2.45) is 5.84 Å². The van der Waals surface area contributed by atoms with Crippen LogP contribution in [0, 0.1) is 0 Å². The van der Waals surface area contributed by atoms with E-state index in [9.17, 15) is 0 Å². The number of hydrazine groups is 1. The number of aromatic nitrogens is 2. The maximum Gasteiger partial charge on any atom is 0.240 e. The molecule has 0 saturated carbocycles. The molecule has 0 amide bonds. The zero-order chi connectivity index (χ0) is 8.55. The van der Waals surface area contributed by atoms with Crippen LogP contribution in [0.4, 0.5) is 11.8 Å².